The maximum absolute atomic E-state index is 13.0. The molecule has 2 saturated carbocycles. The van der Waals surface area contributed by atoms with Crippen LogP contribution in [0.2, 0.25) is 0 Å². The Labute approximate surface area is 211 Å². The van der Waals surface area contributed by atoms with E-state index >= 15 is 0 Å². The molecular weight excluding hydrogens is 464 g/mol. The van der Waals surface area contributed by atoms with Gasteiger partial charge in [0.1, 0.15) is 17.8 Å². The summed E-state index contributed by atoms with van der Waals surface area (Å²) in [5.41, 5.74) is -3.66. The molecule has 0 aromatic heterocycles. The van der Waals surface area contributed by atoms with Crippen LogP contribution in [-0.4, -0.2) is 58.1 Å². The molecular formula is C28H36O8. The summed E-state index contributed by atoms with van der Waals surface area (Å²) in [5, 5.41) is 11.9. The molecule has 8 heteroatoms. The second-order valence-electron chi connectivity index (χ2n) is 11.3. The van der Waals surface area contributed by atoms with E-state index in [0.29, 0.717) is 12.8 Å². The fraction of sp³-hybridized carbons (Fsp3) is 0.607. The Kier molecular flexibility index (Phi) is 6.58. The zero-order valence-corrected chi connectivity index (χ0v) is 21.8. The van der Waals surface area contributed by atoms with Crippen molar-refractivity contribution in [1.82, 2.24) is 0 Å². The molecule has 1 saturated heterocycles. The van der Waals surface area contributed by atoms with Gasteiger partial charge >= 0.3 is 17.9 Å². The highest BCUT2D eigenvalue weighted by Crippen LogP contribution is 2.68. The Balaban J connectivity index is 1.78. The van der Waals surface area contributed by atoms with Crippen molar-refractivity contribution in [2.45, 2.75) is 95.9 Å². The number of carbonyl (C=O) groups excluding carboxylic acids is 3. The average Bonchev–Trinajstić information content (AvgIpc) is 3.02. The van der Waals surface area contributed by atoms with Crippen molar-refractivity contribution in [1.29, 1.82) is 0 Å². The van der Waals surface area contributed by atoms with Crippen LogP contribution in [0.3, 0.4) is 0 Å². The van der Waals surface area contributed by atoms with Gasteiger partial charge in [0, 0.05) is 26.3 Å². The SMILES string of the molecule is CC(=O)O[C@H]1C[C@](C)(O)[C@@]23C[C@@H](C[C@H](OC(=O)/C=C/c4ccccc4)[C@]2(C)[C@H]1OC(C)=O)C(C)(C)O3. The van der Waals surface area contributed by atoms with Gasteiger partial charge in [0.15, 0.2) is 6.10 Å². The Morgan fingerprint density at radius 1 is 0.972 bits per heavy atom. The number of hydrogen-bond donors (Lipinski definition) is 1. The van der Waals surface area contributed by atoms with Crippen LogP contribution in [0.4, 0.5) is 0 Å². The third kappa shape index (κ3) is 4.24. The Morgan fingerprint density at radius 3 is 2.22 bits per heavy atom. The zero-order valence-electron chi connectivity index (χ0n) is 21.8. The number of esters is 3. The number of ether oxygens (including phenoxy) is 4. The van der Waals surface area contributed by atoms with Crippen LogP contribution in [0.25, 0.3) is 6.08 Å². The second kappa shape index (κ2) is 8.99. The molecule has 0 unspecified atom stereocenters. The molecule has 1 heterocycles. The van der Waals surface area contributed by atoms with E-state index in [1.807, 2.05) is 44.2 Å². The van der Waals surface area contributed by atoms with E-state index in [1.165, 1.54) is 19.9 Å². The fourth-order valence-corrected chi connectivity index (χ4v) is 6.77. The Bertz CT molecular complexity index is 1060. The number of benzene rings is 1. The molecule has 2 aliphatic carbocycles. The van der Waals surface area contributed by atoms with Gasteiger partial charge in [0.05, 0.1) is 16.6 Å². The van der Waals surface area contributed by atoms with Crippen molar-refractivity contribution in [3.63, 3.8) is 0 Å². The third-order valence-corrected chi connectivity index (χ3v) is 8.47. The molecule has 196 valence electrons. The molecule has 3 aliphatic rings. The molecule has 4 rings (SSSR count). The lowest BCUT2D eigenvalue weighted by molar-refractivity contribution is -0.325. The number of hydrogen-bond acceptors (Lipinski definition) is 8. The summed E-state index contributed by atoms with van der Waals surface area (Å²) in [7, 11) is 0. The van der Waals surface area contributed by atoms with Crippen LogP contribution in [0.5, 0.6) is 0 Å². The van der Waals surface area contributed by atoms with Crippen molar-refractivity contribution < 1.29 is 38.4 Å². The summed E-state index contributed by atoms with van der Waals surface area (Å²) >= 11 is 0. The first-order valence-corrected chi connectivity index (χ1v) is 12.4. The molecule has 3 fully saturated rings. The first-order chi connectivity index (χ1) is 16.7. The van der Waals surface area contributed by atoms with Crippen LogP contribution in [0, 0.1) is 11.3 Å². The molecule has 7 atom stereocenters. The molecule has 2 bridgehead atoms. The molecule has 0 radical (unpaired) electrons. The smallest absolute Gasteiger partial charge is 0.331 e. The van der Waals surface area contributed by atoms with Crippen molar-refractivity contribution in [3.05, 3.63) is 42.0 Å². The van der Waals surface area contributed by atoms with E-state index in [0.717, 1.165) is 5.56 Å². The third-order valence-electron chi connectivity index (χ3n) is 8.47. The largest absolute Gasteiger partial charge is 0.458 e. The van der Waals surface area contributed by atoms with Gasteiger partial charge in [-0.1, -0.05) is 30.3 Å². The summed E-state index contributed by atoms with van der Waals surface area (Å²) in [6, 6.07) is 9.37. The summed E-state index contributed by atoms with van der Waals surface area (Å²) in [4.78, 5) is 37.3. The van der Waals surface area contributed by atoms with Gasteiger partial charge in [0.2, 0.25) is 0 Å². The first-order valence-electron chi connectivity index (χ1n) is 12.4. The number of fused-ring (bicyclic) bond motifs is 1. The monoisotopic (exact) mass is 500 g/mol. The van der Waals surface area contributed by atoms with Crippen molar-refractivity contribution >= 4 is 24.0 Å². The minimum atomic E-state index is -1.46. The van der Waals surface area contributed by atoms with E-state index in [1.54, 1.807) is 19.9 Å². The normalized spacial score (nSPS) is 38.8. The number of aliphatic hydroxyl groups is 1. The van der Waals surface area contributed by atoms with E-state index in [2.05, 4.69) is 0 Å². The van der Waals surface area contributed by atoms with Crippen LogP contribution in [0.15, 0.2) is 36.4 Å². The van der Waals surface area contributed by atoms with E-state index in [4.69, 9.17) is 18.9 Å². The maximum atomic E-state index is 13.0. The summed E-state index contributed by atoms with van der Waals surface area (Å²) in [6.07, 6.45) is 1.25. The minimum Gasteiger partial charge on any atom is -0.458 e. The van der Waals surface area contributed by atoms with Crippen LogP contribution < -0.4 is 0 Å². The predicted molar refractivity (Wildman–Crippen MR) is 130 cm³/mol. The van der Waals surface area contributed by atoms with Gasteiger partial charge in [-0.25, -0.2) is 4.79 Å². The molecule has 1 aliphatic heterocycles. The van der Waals surface area contributed by atoms with E-state index in [-0.39, 0.29) is 12.3 Å². The topological polar surface area (TPSA) is 108 Å². The summed E-state index contributed by atoms with van der Waals surface area (Å²) < 4.78 is 24.2. The lowest BCUT2D eigenvalue weighted by Gasteiger charge is -2.63. The molecule has 1 spiro atoms. The quantitative estimate of drug-likeness (QED) is 0.371. The number of carbonyl (C=O) groups is 3. The van der Waals surface area contributed by atoms with Crippen molar-refractivity contribution in [3.8, 4) is 0 Å². The lowest BCUT2D eigenvalue weighted by Crippen LogP contribution is -2.77. The highest BCUT2D eigenvalue weighted by molar-refractivity contribution is 5.87. The summed E-state index contributed by atoms with van der Waals surface area (Å²) in [5.74, 6) is -1.71. The van der Waals surface area contributed by atoms with Crippen LogP contribution in [0.1, 0.15) is 66.4 Å². The number of rotatable bonds is 5. The predicted octanol–water partition coefficient (Wildman–Crippen LogP) is 3.59. The van der Waals surface area contributed by atoms with Gasteiger partial charge in [0.25, 0.3) is 0 Å². The van der Waals surface area contributed by atoms with Crippen LogP contribution in [-0.2, 0) is 33.3 Å². The van der Waals surface area contributed by atoms with E-state index < -0.39 is 58.4 Å². The van der Waals surface area contributed by atoms with Crippen molar-refractivity contribution in [2.75, 3.05) is 0 Å². The lowest BCUT2D eigenvalue weighted by atomic mass is 9.48. The highest BCUT2D eigenvalue weighted by Gasteiger charge is 2.79. The molecule has 36 heavy (non-hydrogen) atoms. The molecule has 1 N–H and O–H groups in total. The maximum Gasteiger partial charge on any atom is 0.331 e. The van der Waals surface area contributed by atoms with Gasteiger partial charge in [-0.2, -0.15) is 0 Å². The van der Waals surface area contributed by atoms with Gasteiger partial charge in [-0.15, -0.1) is 0 Å². The van der Waals surface area contributed by atoms with E-state index in [9.17, 15) is 19.5 Å². The standard InChI is InChI=1S/C28H36O8/c1-17(29)33-21-16-26(5,32)28-15-20(25(3,4)36-28)14-22(27(28,6)24(21)34-18(2)30)35-23(31)13-12-19-10-8-7-9-11-19/h7-13,20-22,24,32H,14-16H2,1-6H3/b13-12+/t20-,21+,22+,24+,26+,27-,28+/m1/s1. The summed E-state index contributed by atoms with van der Waals surface area (Å²) in [6.45, 7) is 9.93. The fourth-order valence-electron chi connectivity index (χ4n) is 6.77. The second-order valence-corrected chi connectivity index (χ2v) is 11.3. The Morgan fingerprint density at radius 2 is 1.61 bits per heavy atom. The van der Waals surface area contributed by atoms with Crippen LogP contribution >= 0.6 is 0 Å². The average molecular weight is 501 g/mol. The van der Waals surface area contributed by atoms with Gasteiger partial charge in [-0.05, 0) is 58.1 Å². The van der Waals surface area contributed by atoms with Gasteiger partial charge < -0.3 is 24.1 Å². The first kappa shape index (κ1) is 26.4. The van der Waals surface area contributed by atoms with Crippen molar-refractivity contribution in [2.24, 2.45) is 11.3 Å². The molecule has 1 aromatic carbocycles. The Hall–Kier alpha value is -2.71. The minimum absolute atomic E-state index is 0.0114. The van der Waals surface area contributed by atoms with Gasteiger partial charge in [-0.3, -0.25) is 9.59 Å². The molecule has 8 nitrogen and oxygen atoms in total. The zero-order chi connectivity index (χ0) is 26.5. The molecule has 1 aromatic rings. The molecule has 0 amide bonds. The highest BCUT2D eigenvalue weighted by atomic mass is 16.6.